The zero-order valence-corrected chi connectivity index (χ0v) is 23.7. The Balaban J connectivity index is 1.37. The lowest BCUT2D eigenvalue weighted by Gasteiger charge is -2.16. The second-order valence-electron chi connectivity index (χ2n) is 10.7. The minimum atomic E-state index is -4.39. The molecule has 0 unspecified atom stereocenters. The van der Waals surface area contributed by atoms with Crippen molar-refractivity contribution in [3.63, 3.8) is 0 Å². The van der Waals surface area contributed by atoms with Crippen LogP contribution >= 0.6 is 0 Å². The summed E-state index contributed by atoms with van der Waals surface area (Å²) in [4.78, 5) is 0. The molecule has 0 aliphatic heterocycles. The van der Waals surface area contributed by atoms with E-state index in [4.69, 9.17) is 17.7 Å². The fraction of sp³-hybridized carbons (Fsp3) is 0.133. The Labute approximate surface area is 238 Å². The first-order chi connectivity index (χ1) is 19.7. The summed E-state index contributed by atoms with van der Waals surface area (Å²) in [6.07, 6.45) is 12.0. The maximum absolute atomic E-state index is 11.9. The van der Waals surface area contributed by atoms with Crippen molar-refractivity contribution in [3.05, 3.63) is 83.0 Å². The fourth-order valence-corrected chi connectivity index (χ4v) is 5.83. The highest BCUT2D eigenvalue weighted by Gasteiger charge is 2.34. The van der Waals surface area contributed by atoms with Crippen LogP contribution in [0.3, 0.4) is 0 Å². The van der Waals surface area contributed by atoms with Crippen LogP contribution in [0.1, 0.15) is 36.1 Å². The van der Waals surface area contributed by atoms with Crippen molar-refractivity contribution in [1.82, 2.24) is 0 Å². The summed E-state index contributed by atoms with van der Waals surface area (Å²) in [7, 11) is -8.77. The summed E-state index contributed by atoms with van der Waals surface area (Å²) in [5.74, 6) is 0. The quantitative estimate of drug-likeness (QED) is 0.156. The Morgan fingerprint density at radius 2 is 0.667 bits per heavy atom. The predicted molar refractivity (Wildman–Crippen MR) is 159 cm³/mol. The van der Waals surface area contributed by atoms with Gasteiger partial charge >= 0.3 is 0 Å². The summed E-state index contributed by atoms with van der Waals surface area (Å²) in [6, 6.07) is 10.1. The highest BCUT2D eigenvalue weighted by atomic mass is 32.2. The summed E-state index contributed by atoms with van der Waals surface area (Å²) >= 11 is 0. The third kappa shape index (κ3) is 4.14. The predicted octanol–water partition coefficient (Wildman–Crippen LogP) is 7.17. The molecule has 2 aromatic heterocycles. The van der Waals surface area contributed by atoms with Crippen molar-refractivity contribution < 1.29 is 43.6 Å². The smallest absolute Gasteiger partial charge is 0.277 e. The van der Waals surface area contributed by atoms with Gasteiger partial charge in [0.1, 0.15) is 9.49 Å². The second-order valence-corrected chi connectivity index (χ2v) is 14.3. The van der Waals surface area contributed by atoms with Crippen molar-refractivity contribution >= 4 is 89.2 Å². The number of benzene rings is 3. The Morgan fingerprint density at radius 1 is 0.452 bits per heavy atom. The van der Waals surface area contributed by atoms with Gasteiger partial charge in [0.15, 0.2) is 44.7 Å². The highest BCUT2D eigenvalue weighted by Crippen LogP contribution is 2.36. The zero-order chi connectivity index (χ0) is 29.7. The van der Waals surface area contributed by atoms with Crippen LogP contribution in [-0.2, 0) is 20.2 Å². The largest absolute Gasteiger partial charge is 0.449 e. The van der Waals surface area contributed by atoms with E-state index in [-0.39, 0.29) is 0 Å². The van der Waals surface area contributed by atoms with E-state index in [9.17, 15) is 25.9 Å². The molecule has 2 heterocycles. The van der Waals surface area contributed by atoms with Gasteiger partial charge < -0.3 is 17.7 Å². The maximum atomic E-state index is 11.9. The standard InChI is InChI=1S/C30H22O10S2/c1-29(41(31,32)33)7-3-17-11-21-22(12-18(17)4-8-29)38-26-16-28-27(15-25(26)37-21)39-23-13-19-5-9-30(2,42(34,35)36)10-6-20(19)14-24(23)40-28/h3-16H,1-2H3,(H,31,32,33)(H,34,35,36). The molecule has 0 radical (unpaired) electrons. The first-order valence-corrected chi connectivity index (χ1v) is 15.6. The Kier molecular flexibility index (Phi) is 5.42. The Bertz CT molecular complexity index is 2090. The summed E-state index contributed by atoms with van der Waals surface area (Å²) in [6.45, 7) is 2.79. The molecule has 2 aliphatic carbocycles. The van der Waals surface area contributed by atoms with Crippen LogP contribution in [0.5, 0.6) is 0 Å². The number of fused-ring (bicyclic) bond motifs is 6. The SMILES string of the molecule is CC1(S(=O)(=O)O)C=Cc2cc3oc4cc5oc6cc7c(cc6oc5cc4oc3cc2C=C1)C=CC(C)(S(=O)(=O)O)C=C7. The lowest BCUT2D eigenvalue weighted by Crippen LogP contribution is -2.29. The van der Waals surface area contributed by atoms with Gasteiger partial charge in [-0.3, -0.25) is 9.11 Å². The van der Waals surface area contributed by atoms with E-state index in [1.165, 1.54) is 38.2 Å². The van der Waals surface area contributed by atoms with E-state index < -0.39 is 29.7 Å². The monoisotopic (exact) mass is 606 g/mol. The van der Waals surface area contributed by atoms with Crippen LogP contribution in [0.2, 0.25) is 0 Å². The summed E-state index contributed by atoms with van der Waals surface area (Å²) in [5, 5.41) is 0. The average Bonchev–Trinajstić information content (AvgIpc) is 3.19. The molecule has 5 aromatic rings. The van der Waals surface area contributed by atoms with Gasteiger partial charge in [-0.2, -0.15) is 16.8 Å². The highest BCUT2D eigenvalue weighted by molar-refractivity contribution is 7.87. The van der Waals surface area contributed by atoms with Crippen LogP contribution in [-0.4, -0.2) is 35.4 Å². The minimum absolute atomic E-state index is 0.366. The Morgan fingerprint density at radius 3 is 0.881 bits per heavy atom. The van der Waals surface area contributed by atoms with Gasteiger partial charge in [0, 0.05) is 12.1 Å². The average molecular weight is 607 g/mol. The van der Waals surface area contributed by atoms with Crippen LogP contribution < -0.4 is 0 Å². The van der Waals surface area contributed by atoms with E-state index in [1.54, 1.807) is 60.7 Å². The molecule has 2 N–H and O–H groups in total. The maximum Gasteiger partial charge on any atom is 0.277 e. The van der Waals surface area contributed by atoms with Gasteiger partial charge in [0.2, 0.25) is 0 Å². The molecule has 42 heavy (non-hydrogen) atoms. The van der Waals surface area contributed by atoms with Crippen LogP contribution in [0.15, 0.2) is 78.4 Å². The molecule has 0 fully saturated rings. The van der Waals surface area contributed by atoms with E-state index in [0.717, 1.165) is 0 Å². The molecule has 0 amide bonds. The molecule has 0 saturated heterocycles. The molecule has 0 bridgehead atoms. The normalized spacial score (nSPS) is 17.4. The summed E-state index contributed by atoms with van der Waals surface area (Å²) in [5.41, 5.74) is 5.74. The number of hydrogen-bond acceptors (Lipinski definition) is 8. The van der Waals surface area contributed by atoms with Gasteiger partial charge in [0.05, 0.1) is 0 Å². The van der Waals surface area contributed by atoms with Gasteiger partial charge in [-0.25, -0.2) is 0 Å². The van der Waals surface area contributed by atoms with Crippen molar-refractivity contribution in [2.75, 3.05) is 0 Å². The van der Waals surface area contributed by atoms with Gasteiger partial charge in [0.25, 0.3) is 20.2 Å². The molecule has 12 heteroatoms. The molecule has 0 spiro atoms. The molecule has 3 aromatic carbocycles. The zero-order valence-electron chi connectivity index (χ0n) is 22.1. The van der Waals surface area contributed by atoms with Crippen molar-refractivity contribution in [2.24, 2.45) is 0 Å². The Hall–Kier alpha value is -4.36. The molecule has 7 rings (SSSR count). The van der Waals surface area contributed by atoms with Crippen molar-refractivity contribution in [3.8, 4) is 0 Å². The fourth-order valence-electron chi connectivity index (χ4n) is 4.87. The van der Waals surface area contributed by atoms with Crippen LogP contribution in [0, 0.1) is 0 Å². The number of rotatable bonds is 2. The minimum Gasteiger partial charge on any atom is -0.449 e. The first-order valence-electron chi connectivity index (χ1n) is 12.7. The van der Waals surface area contributed by atoms with E-state index in [2.05, 4.69) is 0 Å². The molecule has 214 valence electrons. The van der Waals surface area contributed by atoms with Gasteiger partial charge in [-0.05, 0) is 60.4 Å². The topological polar surface area (TPSA) is 161 Å². The van der Waals surface area contributed by atoms with E-state index in [0.29, 0.717) is 66.9 Å². The molecule has 2 aliphatic rings. The molecule has 0 atom stereocenters. The van der Waals surface area contributed by atoms with Crippen molar-refractivity contribution in [2.45, 2.75) is 23.3 Å². The van der Waals surface area contributed by atoms with E-state index in [1.807, 2.05) is 0 Å². The number of hydrogen-bond donors (Lipinski definition) is 2. The molecular formula is C30H22O10S2. The second kappa shape index (κ2) is 8.58. The van der Waals surface area contributed by atoms with E-state index >= 15 is 0 Å². The molecular weight excluding hydrogens is 584 g/mol. The van der Waals surface area contributed by atoms with Crippen molar-refractivity contribution in [1.29, 1.82) is 0 Å². The molecule has 0 saturated carbocycles. The third-order valence-corrected chi connectivity index (χ3v) is 10.4. The summed E-state index contributed by atoms with van der Waals surface area (Å²) < 4.78 is 88.4. The van der Waals surface area contributed by atoms with Crippen LogP contribution in [0.4, 0.5) is 0 Å². The van der Waals surface area contributed by atoms with Gasteiger partial charge in [-0.15, -0.1) is 0 Å². The van der Waals surface area contributed by atoms with Gasteiger partial charge in [-0.1, -0.05) is 48.6 Å². The molecule has 10 nitrogen and oxygen atoms in total. The third-order valence-electron chi connectivity index (χ3n) is 7.68. The lowest BCUT2D eigenvalue weighted by atomic mass is 10.1. The lowest BCUT2D eigenvalue weighted by molar-refractivity contribution is 0.465. The first kappa shape index (κ1) is 26.5. The van der Waals surface area contributed by atoms with Crippen LogP contribution in [0.25, 0.3) is 69.0 Å².